The van der Waals surface area contributed by atoms with E-state index in [0.717, 1.165) is 55.7 Å². The summed E-state index contributed by atoms with van der Waals surface area (Å²) in [5.74, 6) is 1.85. The van der Waals surface area contributed by atoms with Crippen molar-refractivity contribution in [3.8, 4) is 44.9 Å². The Balaban J connectivity index is 1.34. The van der Waals surface area contributed by atoms with E-state index in [2.05, 4.69) is 129 Å². The molecule has 41 heavy (non-hydrogen) atoms. The fraction of sp³-hybridized carbons (Fsp3) is 0.0769. The Morgan fingerprint density at radius 1 is 0.463 bits per heavy atom. The van der Waals surface area contributed by atoms with Crippen LogP contribution in [0.3, 0.4) is 0 Å². The average molecular weight is 529 g/mol. The van der Waals surface area contributed by atoms with E-state index in [1.807, 2.05) is 18.2 Å². The van der Waals surface area contributed by atoms with Gasteiger partial charge in [-0.15, -0.1) is 0 Å². The van der Waals surface area contributed by atoms with Crippen LogP contribution in [-0.2, 0) is 5.41 Å². The monoisotopic (exact) mass is 528 g/mol. The predicted octanol–water partition coefficient (Wildman–Crippen LogP) is 11.0. The van der Waals surface area contributed by atoms with Gasteiger partial charge in [0, 0.05) is 27.3 Å². The van der Waals surface area contributed by atoms with Gasteiger partial charge in [-0.05, 0) is 75.8 Å². The molecule has 0 radical (unpaired) electrons. The smallest absolute Gasteiger partial charge is 0.136 e. The lowest BCUT2D eigenvalue weighted by molar-refractivity contribution is 0.418. The van der Waals surface area contributed by atoms with Crippen LogP contribution in [0.15, 0.2) is 138 Å². The number of furan rings is 1. The van der Waals surface area contributed by atoms with E-state index in [1.165, 1.54) is 22.3 Å². The highest BCUT2D eigenvalue weighted by atomic mass is 16.5. The zero-order chi connectivity index (χ0) is 27.6. The fourth-order valence-corrected chi connectivity index (χ4v) is 6.40. The normalized spacial score (nSPS) is 13.5. The molecule has 0 bridgehead atoms. The van der Waals surface area contributed by atoms with Crippen molar-refractivity contribution < 1.29 is 9.15 Å². The molecule has 0 fully saturated rings. The van der Waals surface area contributed by atoms with Crippen LogP contribution in [0.2, 0.25) is 0 Å². The SMILES string of the molecule is CC1(C)c2ccccc2Oc2cc(-c3cc(-c4ccccc4)cc(-c4cccc5oc6ccccc6c45)c3)ccc21. The van der Waals surface area contributed by atoms with Crippen LogP contribution < -0.4 is 4.74 Å². The van der Waals surface area contributed by atoms with Crippen LogP contribution in [0.1, 0.15) is 25.0 Å². The summed E-state index contributed by atoms with van der Waals surface area (Å²) in [6, 6.07) is 47.1. The first-order valence-corrected chi connectivity index (χ1v) is 14.1. The van der Waals surface area contributed by atoms with Gasteiger partial charge in [-0.2, -0.15) is 0 Å². The van der Waals surface area contributed by atoms with Crippen LogP contribution in [-0.4, -0.2) is 0 Å². The molecule has 0 saturated heterocycles. The molecular weight excluding hydrogens is 500 g/mol. The van der Waals surface area contributed by atoms with E-state index in [9.17, 15) is 0 Å². The lowest BCUT2D eigenvalue weighted by Crippen LogP contribution is -2.24. The first kappa shape index (κ1) is 23.8. The second-order valence-electron chi connectivity index (χ2n) is 11.4. The van der Waals surface area contributed by atoms with E-state index in [1.54, 1.807) is 0 Å². The number of para-hydroxylation sites is 2. The van der Waals surface area contributed by atoms with Gasteiger partial charge in [-0.25, -0.2) is 0 Å². The molecule has 0 unspecified atom stereocenters. The Labute approximate surface area is 239 Å². The van der Waals surface area contributed by atoms with Crippen molar-refractivity contribution in [2.24, 2.45) is 0 Å². The summed E-state index contributed by atoms with van der Waals surface area (Å²) >= 11 is 0. The minimum absolute atomic E-state index is 0.141. The number of benzene rings is 6. The summed E-state index contributed by atoms with van der Waals surface area (Å²) in [5, 5.41) is 2.28. The first-order valence-electron chi connectivity index (χ1n) is 14.1. The van der Waals surface area contributed by atoms with Crippen molar-refractivity contribution >= 4 is 21.9 Å². The molecule has 0 amide bonds. The van der Waals surface area contributed by atoms with Crippen molar-refractivity contribution in [1.82, 2.24) is 0 Å². The molecule has 2 heteroatoms. The minimum atomic E-state index is -0.141. The molecule has 0 spiro atoms. The fourth-order valence-electron chi connectivity index (χ4n) is 6.40. The molecule has 0 aliphatic carbocycles. The van der Waals surface area contributed by atoms with Gasteiger partial charge in [0.1, 0.15) is 22.7 Å². The third-order valence-electron chi connectivity index (χ3n) is 8.52. The molecule has 2 heterocycles. The van der Waals surface area contributed by atoms with Crippen LogP contribution in [0, 0.1) is 0 Å². The maximum atomic E-state index is 6.49. The summed E-state index contributed by atoms with van der Waals surface area (Å²) in [4.78, 5) is 0. The van der Waals surface area contributed by atoms with Gasteiger partial charge < -0.3 is 9.15 Å². The summed E-state index contributed by atoms with van der Waals surface area (Å²) in [6.07, 6.45) is 0. The minimum Gasteiger partial charge on any atom is -0.457 e. The van der Waals surface area contributed by atoms with E-state index in [-0.39, 0.29) is 5.41 Å². The Morgan fingerprint density at radius 2 is 1.15 bits per heavy atom. The lowest BCUT2D eigenvalue weighted by atomic mass is 9.75. The molecule has 2 nitrogen and oxygen atoms in total. The van der Waals surface area contributed by atoms with Gasteiger partial charge in [0.2, 0.25) is 0 Å². The first-order chi connectivity index (χ1) is 20.1. The number of hydrogen-bond donors (Lipinski definition) is 0. The highest BCUT2D eigenvalue weighted by Gasteiger charge is 2.34. The van der Waals surface area contributed by atoms with Gasteiger partial charge in [-0.1, -0.05) is 105 Å². The summed E-state index contributed by atoms with van der Waals surface area (Å²) in [7, 11) is 0. The summed E-state index contributed by atoms with van der Waals surface area (Å²) in [6.45, 7) is 4.55. The van der Waals surface area contributed by atoms with Crippen LogP contribution in [0.5, 0.6) is 11.5 Å². The molecule has 8 rings (SSSR count). The summed E-state index contributed by atoms with van der Waals surface area (Å²) in [5.41, 5.74) is 11.0. The van der Waals surface area contributed by atoms with E-state index >= 15 is 0 Å². The second kappa shape index (κ2) is 8.97. The third-order valence-corrected chi connectivity index (χ3v) is 8.52. The van der Waals surface area contributed by atoms with Gasteiger partial charge in [-0.3, -0.25) is 0 Å². The number of fused-ring (bicyclic) bond motifs is 5. The molecule has 0 atom stereocenters. The van der Waals surface area contributed by atoms with Crippen LogP contribution >= 0.6 is 0 Å². The maximum Gasteiger partial charge on any atom is 0.136 e. The second-order valence-corrected chi connectivity index (χ2v) is 11.4. The van der Waals surface area contributed by atoms with Crippen LogP contribution in [0.25, 0.3) is 55.3 Å². The van der Waals surface area contributed by atoms with E-state index in [4.69, 9.17) is 9.15 Å². The zero-order valence-electron chi connectivity index (χ0n) is 23.0. The molecule has 6 aromatic carbocycles. The summed E-state index contributed by atoms with van der Waals surface area (Å²) < 4.78 is 12.7. The van der Waals surface area contributed by atoms with Crippen molar-refractivity contribution in [1.29, 1.82) is 0 Å². The lowest BCUT2D eigenvalue weighted by Gasteiger charge is -2.34. The van der Waals surface area contributed by atoms with Gasteiger partial charge in [0.15, 0.2) is 0 Å². The Hall–Kier alpha value is -5.08. The molecule has 1 aliphatic heterocycles. The zero-order valence-corrected chi connectivity index (χ0v) is 23.0. The predicted molar refractivity (Wildman–Crippen MR) is 169 cm³/mol. The van der Waals surface area contributed by atoms with E-state index in [0.29, 0.717) is 0 Å². The van der Waals surface area contributed by atoms with Crippen LogP contribution in [0.4, 0.5) is 0 Å². The molecular formula is C39H28O2. The highest BCUT2D eigenvalue weighted by molar-refractivity contribution is 6.12. The molecule has 196 valence electrons. The van der Waals surface area contributed by atoms with Crippen molar-refractivity contribution in [3.63, 3.8) is 0 Å². The van der Waals surface area contributed by atoms with Gasteiger partial charge >= 0.3 is 0 Å². The number of rotatable bonds is 3. The van der Waals surface area contributed by atoms with Gasteiger partial charge in [0.25, 0.3) is 0 Å². The Bertz CT molecular complexity index is 2100. The molecule has 7 aromatic rings. The molecule has 0 N–H and O–H groups in total. The van der Waals surface area contributed by atoms with Gasteiger partial charge in [0.05, 0.1) is 0 Å². The highest BCUT2D eigenvalue weighted by Crippen LogP contribution is 2.49. The third kappa shape index (κ3) is 3.79. The van der Waals surface area contributed by atoms with Crippen molar-refractivity contribution in [2.75, 3.05) is 0 Å². The molecule has 1 aromatic heterocycles. The van der Waals surface area contributed by atoms with Crippen molar-refractivity contribution in [2.45, 2.75) is 19.3 Å². The molecule has 1 aliphatic rings. The number of hydrogen-bond acceptors (Lipinski definition) is 2. The molecule has 0 saturated carbocycles. The Morgan fingerprint density at radius 3 is 2.02 bits per heavy atom. The Kier molecular flexibility index (Phi) is 5.20. The largest absolute Gasteiger partial charge is 0.457 e. The quantitative estimate of drug-likeness (QED) is 0.228. The van der Waals surface area contributed by atoms with Crippen molar-refractivity contribution in [3.05, 3.63) is 145 Å². The maximum absolute atomic E-state index is 6.49. The average Bonchev–Trinajstić information content (AvgIpc) is 3.40. The standard InChI is InChI=1S/C39H28O2/c1-39(2)32-15-7-9-17-35(32)41-37-24-26(19-20-33(37)39)28-21-27(25-11-4-3-5-12-25)22-29(23-28)30-14-10-18-36-38(30)31-13-6-8-16-34(31)40-36/h3-24H,1-2H3. The van der Waals surface area contributed by atoms with E-state index < -0.39 is 0 Å². The topological polar surface area (TPSA) is 22.4 Å². The number of ether oxygens (including phenoxy) is 1.